The van der Waals surface area contributed by atoms with Gasteiger partial charge >= 0.3 is 0 Å². The van der Waals surface area contributed by atoms with Gasteiger partial charge in [-0.05, 0) is 20.3 Å². The summed E-state index contributed by atoms with van der Waals surface area (Å²) in [5.41, 5.74) is 0. The van der Waals surface area contributed by atoms with Gasteiger partial charge in [0.05, 0.1) is 12.6 Å². The zero-order valence-corrected chi connectivity index (χ0v) is 11.3. The van der Waals surface area contributed by atoms with Crippen LogP contribution in [0.2, 0.25) is 0 Å². The number of carbonyl (C=O) groups is 1. The summed E-state index contributed by atoms with van der Waals surface area (Å²) < 4.78 is 1.87. The molecule has 0 bridgehead atoms. The molecular weight excluding hydrogens is 230 g/mol. The highest BCUT2D eigenvalue weighted by atomic mass is 16.2. The van der Waals surface area contributed by atoms with E-state index in [9.17, 15) is 4.79 Å². The number of amides is 1. The van der Waals surface area contributed by atoms with E-state index in [-0.39, 0.29) is 18.0 Å². The normalized spacial score (nSPS) is 20.8. The molecule has 2 rings (SSSR count). The molecule has 0 saturated carbocycles. The highest BCUT2D eigenvalue weighted by Crippen LogP contribution is 2.11. The van der Waals surface area contributed by atoms with Gasteiger partial charge in [-0.2, -0.15) is 5.10 Å². The standard InChI is InChI=1S/C12H21N5O/c1-4-10-12(18)16(6-5-13-10)7-11-14-8-15-17(11)9(2)3/h8-10,13H,4-7H2,1-3H3. The van der Waals surface area contributed by atoms with E-state index in [1.807, 2.05) is 16.5 Å². The van der Waals surface area contributed by atoms with Crippen LogP contribution in [0.3, 0.4) is 0 Å². The zero-order chi connectivity index (χ0) is 13.1. The minimum atomic E-state index is -0.0471. The lowest BCUT2D eigenvalue weighted by Crippen LogP contribution is -2.54. The topological polar surface area (TPSA) is 63.0 Å². The minimum absolute atomic E-state index is 0.0471. The van der Waals surface area contributed by atoms with Crippen LogP contribution < -0.4 is 5.32 Å². The molecule has 1 N–H and O–H groups in total. The number of hydrogen-bond donors (Lipinski definition) is 1. The average Bonchev–Trinajstić information content (AvgIpc) is 2.80. The van der Waals surface area contributed by atoms with E-state index < -0.39 is 0 Å². The van der Waals surface area contributed by atoms with Gasteiger partial charge in [0.25, 0.3) is 0 Å². The Morgan fingerprint density at radius 2 is 2.33 bits per heavy atom. The van der Waals surface area contributed by atoms with Crippen LogP contribution in [0.1, 0.15) is 39.1 Å². The summed E-state index contributed by atoms with van der Waals surface area (Å²) in [5.74, 6) is 1.03. The molecule has 1 fully saturated rings. The smallest absolute Gasteiger partial charge is 0.240 e. The molecule has 1 aliphatic heterocycles. The predicted molar refractivity (Wildman–Crippen MR) is 67.9 cm³/mol. The van der Waals surface area contributed by atoms with Crippen molar-refractivity contribution in [2.24, 2.45) is 0 Å². The van der Waals surface area contributed by atoms with Crippen molar-refractivity contribution >= 4 is 5.91 Å². The molecular formula is C12H21N5O. The Balaban J connectivity index is 2.08. The van der Waals surface area contributed by atoms with Crippen molar-refractivity contribution < 1.29 is 4.79 Å². The van der Waals surface area contributed by atoms with Gasteiger partial charge in [-0.15, -0.1) is 0 Å². The second-order valence-electron chi connectivity index (χ2n) is 4.89. The summed E-state index contributed by atoms with van der Waals surface area (Å²) in [4.78, 5) is 18.3. The second-order valence-corrected chi connectivity index (χ2v) is 4.89. The van der Waals surface area contributed by atoms with E-state index in [1.54, 1.807) is 6.33 Å². The fraction of sp³-hybridized carbons (Fsp3) is 0.750. The van der Waals surface area contributed by atoms with Crippen molar-refractivity contribution in [2.45, 2.75) is 45.8 Å². The van der Waals surface area contributed by atoms with Crippen LogP contribution in [-0.2, 0) is 11.3 Å². The first-order chi connectivity index (χ1) is 8.63. The average molecular weight is 251 g/mol. The first-order valence-electron chi connectivity index (χ1n) is 6.54. The van der Waals surface area contributed by atoms with Crippen LogP contribution in [0, 0.1) is 0 Å². The third-order valence-corrected chi connectivity index (χ3v) is 3.26. The molecule has 1 aromatic heterocycles. The lowest BCUT2D eigenvalue weighted by atomic mass is 10.1. The Hall–Kier alpha value is -1.43. The molecule has 100 valence electrons. The lowest BCUT2D eigenvalue weighted by Gasteiger charge is -2.32. The maximum Gasteiger partial charge on any atom is 0.240 e. The van der Waals surface area contributed by atoms with Crippen LogP contribution in [-0.4, -0.2) is 44.7 Å². The molecule has 2 heterocycles. The quantitative estimate of drug-likeness (QED) is 0.849. The summed E-state index contributed by atoms with van der Waals surface area (Å²) in [6, 6.07) is 0.219. The van der Waals surface area contributed by atoms with Gasteiger partial charge in [-0.1, -0.05) is 6.92 Å². The number of rotatable bonds is 4. The van der Waals surface area contributed by atoms with Gasteiger partial charge in [0.2, 0.25) is 5.91 Å². The fourth-order valence-electron chi connectivity index (χ4n) is 2.26. The third-order valence-electron chi connectivity index (χ3n) is 3.26. The molecule has 1 amide bonds. The molecule has 6 heteroatoms. The van der Waals surface area contributed by atoms with E-state index in [4.69, 9.17) is 0 Å². The van der Waals surface area contributed by atoms with Crippen molar-refractivity contribution in [3.63, 3.8) is 0 Å². The predicted octanol–water partition coefficient (Wildman–Crippen LogP) is 0.569. The van der Waals surface area contributed by atoms with E-state index in [0.29, 0.717) is 6.54 Å². The Bertz CT molecular complexity index is 414. The third kappa shape index (κ3) is 2.53. The number of carbonyl (C=O) groups excluding carboxylic acids is 1. The zero-order valence-electron chi connectivity index (χ0n) is 11.3. The minimum Gasteiger partial charge on any atom is -0.333 e. The van der Waals surface area contributed by atoms with E-state index >= 15 is 0 Å². The van der Waals surface area contributed by atoms with E-state index in [2.05, 4.69) is 29.2 Å². The maximum atomic E-state index is 12.2. The molecule has 0 aromatic carbocycles. The number of nitrogens with one attached hydrogen (secondary N) is 1. The largest absolute Gasteiger partial charge is 0.333 e. The SMILES string of the molecule is CCC1NCCN(Cc2ncnn2C(C)C)C1=O. The molecule has 0 spiro atoms. The number of hydrogen-bond acceptors (Lipinski definition) is 4. The second kappa shape index (κ2) is 5.48. The fourth-order valence-corrected chi connectivity index (χ4v) is 2.26. The van der Waals surface area contributed by atoms with Crippen molar-refractivity contribution in [2.75, 3.05) is 13.1 Å². The molecule has 1 unspecified atom stereocenters. The first-order valence-corrected chi connectivity index (χ1v) is 6.54. The molecule has 0 aliphatic carbocycles. The molecule has 0 radical (unpaired) electrons. The van der Waals surface area contributed by atoms with Gasteiger partial charge in [0, 0.05) is 19.1 Å². The molecule has 1 atom stereocenters. The highest BCUT2D eigenvalue weighted by Gasteiger charge is 2.27. The Kier molecular flexibility index (Phi) is 3.96. The summed E-state index contributed by atoms with van der Waals surface area (Å²) in [6.07, 6.45) is 2.38. The maximum absolute atomic E-state index is 12.2. The van der Waals surface area contributed by atoms with E-state index in [0.717, 1.165) is 25.3 Å². The molecule has 18 heavy (non-hydrogen) atoms. The van der Waals surface area contributed by atoms with E-state index in [1.165, 1.54) is 0 Å². The summed E-state index contributed by atoms with van der Waals surface area (Å²) in [5, 5.41) is 7.43. The Morgan fingerprint density at radius 1 is 1.56 bits per heavy atom. The number of nitrogens with zero attached hydrogens (tertiary/aromatic N) is 4. The van der Waals surface area contributed by atoms with Gasteiger partial charge in [0.1, 0.15) is 12.2 Å². The Morgan fingerprint density at radius 3 is 3.00 bits per heavy atom. The van der Waals surface area contributed by atoms with Crippen LogP contribution in [0.25, 0.3) is 0 Å². The van der Waals surface area contributed by atoms with Crippen molar-refractivity contribution in [3.05, 3.63) is 12.2 Å². The molecule has 6 nitrogen and oxygen atoms in total. The first kappa shape index (κ1) is 13.0. The summed E-state index contributed by atoms with van der Waals surface area (Å²) >= 11 is 0. The monoisotopic (exact) mass is 251 g/mol. The van der Waals surface area contributed by atoms with Gasteiger partial charge in [0.15, 0.2) is 0 Å². The van der Waals surface area contributed by atoms with Gasteiger partial charge in [-0.25, -0.2) is 9.67 Å². The lowest BCUT2D eigenvalue weighted by molar-refractivity contribution is -0.136. The van der Waals surface area contributed by atoms with Crippen LogP contribution in [0.15, 0.2) is 6.33 Å². The van der Waals surface area contributed by atoms with Crippen molar-refractivity contribution in [1.29, 1.82) is 0 Å². The van der Waals surface area contributed by atoms with Gasteiger partial charge < -0.3 is 10.2 Å². The highest BCUT2D eigenvalue weighted by molar-refractivity contribution is 5.82. The van der Waals surface area contributed by atoms with Crippen LogP contribution >= 0.6 is 0 Å². The Labute approximate surface area is 107 Å². The summed E-state index contributed by atoms with van der Waals surface area (Å²) in [6.45, 7) is 8.28. The summed E-state index contributed by atoms with van der Waals surface area (Å²) in [7, 11) is 0. The van der Waals surface area contributed by atoms with Crippen molar-refractivity contribution in [1.82, 2.24) is 25.0 Å². The molecule has 1 aromatic rings. The van der Waals surface area contributed by atoms with Gasteiger partial charge in [-0.3, -0.25) is 4.79 Å². The molecule has 1 saturated heterocycles. The van der Waals surface area contributed by atoms with Crippen LogP contribution in [0.5, 0.6) is 0 Å². The molecule has 1 aliphatic rings. The van der Waals surface area contributed by atoms with Crippen LogP contribution in [0.4, 0.5) is 0 Å². The van der Waals surface area contributed by atoms with Crippen molar-refractivity contribution in [3.8, 4) is 0 Å². The number of piperazine rings is 1. The number of aromatic nitrogens is 3.